The fraction of sp³-hybridized carbons (Fsp3) is 0.278. The number of piperazine rings is 1. The third-order valence-electron chi connectivity index (χ3n) is 4.37. The number of rotatable bonds is 3. The first kappa shape index (κ1) is 16.7. The van der Waals surface area contributed by atoms with Crippen LogP contribution in [0, 0.1) is 18.6 Å². The summed E-state index contributed by atoms with van der Waals surface area (Å²) in [5.74, 6) is -0.684. The van der Waals surface area contributed by atoms with Crippen LogP contribution in [0.4, 0.5) is 14.6 Å². The van der Waals surface area contributed by atoms with Gasteiger partial charge in [-0.25, -0.2) is 13.8 Å². The summed E-state index contributed by atoms with van der Waals surface area (Å²) in [5, 5.41) is 0.448. The van der Waals surface area contributed by atoms with E-state index in [1.54, 1.807) is 6.08 Å². The van der Waals surface area contributed by atoms with Crippen LogP contribution >= 0.6 is 11.6 Å². The molecule has 0 atom stereocenters. The Kier molecular flexibility index (Phi) is 4.45. The summed E-state index contributed by atoms with van der Waals surface area (Å²) in [6.45, 7) is 12.5. The molecule has 0 amide bonds. The quantitative estimate of drug-likeness (QED) is 0.770. The van der Waals surface area contributed by atoms with Crippen LogP contribution in [0.1, 0.15) is 5.56 Å². The minimum Gasteiger partial charge on any atom is -0.368 e. The fourth-order valence-corrected chi connectivity index (χ4v) is 3.26. The first-order valence-corrected chi connectivity index (χ1v) is 8.06. The molecule has 1 aromatic carbocycles. The van der Waals surface area contributed by atoms with Crippen molar-refractivity contribution in [2.75, 3.05) is 31.1 Å². The van der Waals surface area contributed by atoms with Gasteiger partial charge in [0.25, 0.3) is 0 Å². The highest BCUT2D eigenvalue weighted by molar-refractivity contribution is 6.36. The van der Waals surface area contributed by atoms with Crippen molar-refractivity contribution in [1.82, 2.24) is 9.88 Å². The van der Waals surface area contributed by atoms with E-state index >= 15 is 0 Å². The van der Waals surface area contributed by atoms with Crippen molar-refractivity contribution >= 4 is 28.3 Å². The van der Waals surface area contributed by atoms with Crippen molar-refractivity contribution in [3.05, 3.63) is 59.3 Å². The fourth-order valence-electron chi connectivity index (χ4n) is 2.99. The zero-order valence-corrected chi connectivity index (χ0v) is 14.2. The molecule has 24 heavy (non-hydrogen) atoms. The van der Waals surface area contributed by atoms with E-state index < -0.39 is 11.6 Å². The summed E-state index contributed by atoms with van der Waals surface area (Å²) in [5.41, 5.74) is 1.82. The molecule has 2 aromatic rings. The number of hydrogen-bond acceptors (Lipinski definition) is 3. The Morgan fingerprint density at radius 1 is 1.25 bits per heavy atom. The number of fused-ring (bicyclic) bond motifs is 1. The second kappa shape index (κ2) is 6.40. The third-order valence-corrected chi connectivity index (χ3v) is 4.84. The molecule has 0 unspecified atom stereocenters. The molecule has 0 bridgehead atoms. The number of halogens is 3. The van der Waals surface area contributed by atoms with Crippen molar-refractivity contribution in [1.29, 1.82) is 0 Å². The molecule has 0 spiro atoms. The average Bonchev–Trinajstić information content (AvgIpc) is 2.57. The van der Waals surface area contributed by atoms with E-state index in [0.717, 1.165) is 37.9 Å². The molecule has 2 heterocycles. The number of aromatic nitrogens is 1. The second-order valence-electron chi connectivity index (χ2n) is 5.83. The Morgan fingerprint density at radius 3 is 2.54 bits per heavy atom. The summed E-state index contributed by atoms with van der Waals surface area (Å²) >= 11 is 6.34. The number of pyridine rings is 1. The van der Waals surface area contributed by atoms with E-state index in [4.69, 9.17) is 11.6 Å². The SMILES string of the molecule is C=CC(=C)N1CCN(c2nc3cc(F)cc(F)c3c(Cl)c2C)CC1. The Morgan fingerprint density at radius 2 is 1.92 bits per heavy atom. The minimum absolute atomic E-state index is 0.165. The third kappa shape index (κ3) is 2.84. The molecular formula is C18H18ClF2N3. The van der Waals surface area contributed by atoms with Gasteiger partial charge in [0.1, 0.15) is 17.5 Å². The predicted molar refractivity (Wildman–Crippen MR) is 94.5 cm³/mol. The maximum atomic E-state index is 14.0. The molecule has 1 fully saturated rings. The Balaban J connectivity index is 1.98. The Labute approximate surface area is 144 Å². The van der Waals surface area contributed by atoms with E-state index in [2.05, 4.69) is 27.9 Å². The van der Waals surface area contributed by atoms with Gasteiger partial charge in [-0.15, -0.1) is 0 Å². The van der Waals surface area contributed by atoms with Gasteiger partial charge >= 0.3 is 0 Å². The van der Waals surface area contributed by atoms with Crippen LogP contribution in [-0.2, 0) is 0 Å². The van der Waals surface area contributed by atoms with Crippen molar-refractivity contribution in [3.63, 3.8) is 0 Å². The van der Waals surface area contributed by atoms with Gasteiger partial charge in [0, 0.05) is 49.6 Å². The summed E-state index contributed by atoms with van der Waals surface area (Å²) in [7, 11) is 0. The lowest BCUT2D eigenvalue weighted by Gasteiger charge is -2.37. The summed E-state index contributed by atoms with van der Waals surface area (Å²) < 4.78 is 27.6. The first-order valence-electron chi connectivity index (χ1n) is 7.68. The molecule has 0 aliphatic carbocycles. The van der Waals surface area contributed by atoms with Gasteiger partial charge in [-0.1, -0.05) is 24.8 Å². The molecule has 126 valence electrons. The van der Waals surface area contributed by atoms with Gasteiger partial charge in [0.15, 0.2) is 0 Å². The van der Waals surface area contributed by atoms with Crippen LogP contribution in [-0.4, -0.2) is 36.1 Å². The smallest absolute Gasteiger partial charge is 0.137 e. The molecule has 0 radical (unpaired) electrons. The van der Waals surface area contributed by atoms with E-state index in [-0.39, 0.29) is 15.9 Å². The van der Waals surface area contributed by atoms with Crippen LogP contribution < -0.4 is 4.90 Å². The van der Waals surface area contributed by atoms with E-state index in [0.29, 0.717) is 11.4 Å². The van der Waals surface area contributed by atoms with Crippen LogP contribution in [0.2, 0.25) is 5.02 Å². The van der Waals surface area contributed by atoms with E-state index in [9.17, 15) is 8.78 Å². The van der Waals surface area contributed by atoms with Crippen LogP contribution in [0.5, 0.6) is 0 Å². The summed E-state index contributed by atoms with van der Waals surface area (Å²) in [6.07, 6.45) is 1.73. The average molecular weight is 350 g/mol. The van der Waals surface area contributed by atoms with Gasteiger partial charge in [-0.05, 0) is 13.0 Å². The van der Waals surface area contributed by atoms with Gasteiger partial charge in [-0.2, -0.15) is 0 Å². The topological polar surface area (TPSA) is 19.4 Å². The molecule has 0 N–H and O–H groups in total. The van der Waals surface area contributed by atoms with E-state index in [1.807, 2.05) is 6.92 Å². The van der Waals surface area contributed by atoms with Gasteiger partial charge in [0.2, 0.25) is 0 Å². The molecular weight excluding hydrogens is 332 g/mol. The van der Waals surface area contributed by atoms with Crippen molar-refractivity contribution in [2.24, 2.45) is 0 Å². The maximum Gasteiger partial charge on any atom is 0.137 e. The number of nitrogens with zero attached hydrogens (tertiary/aromatic N) is 3. The lowest BCUT2D eigenvalue weighted by molar-refractivity contribution is 0.331. The lowest BCUT2D eigenvalue weighted by Crippen LogP contribution is -2.46. The largest absolute Gasteiger partial charge is 0.368 e. The normalized spacial score (nSPS) is 15.0. The number of allylic oxidation sites excluding steroid dienone is 1. The van der Waals surface area contributed by atoms with Gasteiger partial charge in [0.05, 0.1) is 15.9 Å². The molecule has 1 aliphatic rings. The Hall–Kier alpha value is -2.14. The Bertz CT molecular complexity index is 827. The summed E-state index contributed by atoms with van der Waals surface area (Å²) in [6, 6.07) is 2.04. The molecule has 1 aliphatic heterocycles. The monoisotopic (exact) mass is 349 g/mol. The predicted octanol–water partition coefficient (Wildman–Crippen LogP) is 4.30. The number of benzene rings is 1. The van der Waals surface area contributed by atoms with Crippen LogP contribution in [0.3, 0.4) is 0 Å². The van der Waals surface area contributed by atoms with Gasteiger partial charge in [-0.3, -0.25) is 0 Å². The van der Waals surface area contributed by atoms with Crippen LogP contribution in [0.15, 0.2) is 37.1 Å². The molecule has 3 nitrogen and oxygen atoms in total. The van der Waals surface area contributed by atoms with Crippen molar-refractivity contribution in [2.45, 2.75) is 6.92 Å². The highest BCUT2D eigenvalue weighted by atomic mass is 35.5. The van der Waals surface area contributed by atoms with Gasteiger partial charge < -0.3 is 9.80 Å². The number of anilines is 1. The molecule has 0 saturated carbocycles. The molecule has 6 heteroatoms. The first-order chi connectivity index (χ1) is 11.4. The highest BCUT2D eigenvalue weighted by Crippen LogP contribution is 2.34. The van der Waals surface area contributed by atoms with E-state index in [1.165, 1.54) is 6.07 Å². The molecule has 3 rings (SSSR count). The zero-order valence-electron chi connectivity index (χ0n) is 13.5. The molecule has 1 aromatic heterocycles. The second-order valence-corrected chi connectivity index (χ2v) is 6.20. The van der Waals surface area contributed by atoms with Crippen molar-refractivity contribution < 1.29 is 8.78 Å². The zero-order chi connectivity index (χ0) is 17.4. The highest BCUT2D eigenvalue weighted by Gasteiger charge is 2.22. The van der Waals surface area contributed by atoms with Crippen molar-refractivity contribution in [3.8, 4) is 0 Å². The standard InChI is InChI=1S/C18H18ClF2N3/c1-4-11(2)23-5-7-24(8-6-23)18-12(3)17(19)16-14(21)9-13(20)10-15(16)22-18/h4,9-10H,1-2,5-8H2,3H3. The van der Waals surface area contributed by atoms with Crippen LogP contribution in [0.25, 0.3) is 10.9 Å². The maximum absolute atomic E-state index is 14.0. The number of hydrogen-bond donors (Lipinski definition) is 0. The lowest BCUT2D eigenvalue weighted by atomic mass is 10.1. The molecule has 1 saturated heterocycles. The minimum atomic E-state index is -0.691. The summed E-state index contributed by atoms with van der Waals surface area (Å²) in [4.78, 5) is 8.69.